The number of hydrogen-bond donors (Lipinski definition) is 1. The van der Waals surface area contributed by atoms with Crippen molar-refractivity contribution in [2.75, 3.05) is 31.1 Å². The fraction of sp³-hybridized carbons (Fsp3) is 1.00. The largest absolute Gasteiger partial charge is 0.330 e. The van der Waals surface area contributed by atoms with Crippen LogP contribution in [-0.4, -0.2) is 36.0 Å². The molecule has 0 rings (SSSR count). The lowest BCUT2D eigenvalue weighted by Crippen LogP contribution is -2.23. The van der Waals surface area contributed by atoms with Crippen molar-refractivity contribution in [2.45, 2.75) is 12.8 Å². The summed E-state index contributed by atoms with van der Waals surface area (Å²) in [6, 6.07) is 0. The summed E-state index contributed by atoms with van der Waals surface area (Å²) >= 11 is 2.41. The summed E-state index contributed by atoms with van der Waals surface area (Å²) in [5.41, 5.74) is 5.38. The lowest BCUT2D eigenvalue weighted by Gasteiger charge is -2.14. The van der Waals surface area contributed by atoms with Crippen molar-refractivity contribution in [1.82, 2.24) is 4.90 Å². The van der Waals surface area contributed by atoms with Crippen LogP contribution in [0.15, 0.2) is 0 Å². The van der Waals surface area contributed by atoms with Crippen molar-refractivity contribution >= 4 is 22.6 Å². The number of nitrogens with zero attached hydrogens (tertiary/aromatic N) is 1. The Morgan fingerprint density at radius 2 is 1.90 bits per heavy atom. The summed E-state index contributed by atoms with van der Waals surface area (Å²) in [4.78, 5) is 2.34. The van der Waals surface area contributed by atoms with Crippen molar-refractivity contribution in [3.8, 4) is 0 Å². The van der Waals surface area contributed by atoms with Gasteiger partial charge in [-0.25, -0.2) is 0 Å². The summed E-state index contributed by atoms with van der Waals surface area (Å²) < 4.78 is 1.25. The molecule has 0 atom stereocenters. The maximum Gasteiger partial charge on any atom is 0.000744 e. The van der Waals surface area contributed by atoms with Crippen LogP contribution in [0.3, 0.4) is 0 Å². The van der Waals surface area contributed by atoms with E-state index in [9.17, 15) is 0 Å². The van der Waals surface area contributed by atoms with Gasteiger partial charge in [-0.1, -0.05) is 22.6 Å². The van der Waals surface area contributed by atoms with E-state index < -0.39 is 0 Å². The van der Waals surface area contributed by atoms with E-state index in [2.05, 4.69) is 34.5 Å². The van der Waals surface area contributed by atoms with Gasteiger partial charge in [-0.3, -0.25) is 0 Å². The first-order valence-corrected chi connectivity index (χ1v) is 5.28. The monoisotopic (exact) mass is 256 g/mol. The SMILES string of the molecule is CN(CCCN)CCCI. The van der Waals surface area contributed by atoms with E-state index in [0.29, 0.717) is 0 Å². The maximum atomic E-state index is 5.38. The van der Waals surface area contributed by atoms with Gasteiger partial charge in [0.15, 0.2) is 0 Å². The van der Waals surface area contributed by atoms with Gasteiger partial charge in [0.25, 0.3) is 0 Å². The molecule has 0 bridgehead atoms. The zero-order valence-corrected chi connectivity index (χ0v) is 8.80. The minimum Gasteiger partial charge on any atom is -0.330 e. The molecule has 0 saturated carbocycles. The fourth-order valence-corrected chi connectivity index (χ4v) is 1.14. The van der Waals surface area contributed by atoms with Gasteiger partial charge in [-0.2, -0.15) is 0 Å². The highest BCUT2D eigenvalue weighted by Crippen LogP contribution is 1.92. The average molecular weight is 256 g/mol. The molecule has 0 fully saturated rings. The van der Waals surface area contributed by atoms with E-state index in [4.69, 9.17) is 5.73 Å². The molecule has 3 heteroatoms. The van der Waals surface area contributed by atoms with Crippen LogP contribution in [0.2, 0.25) is 0 Å². The molecule has 0 aliphatic carbocycles. The van der Waals surface area contributed by atoms with Gasteiger partial charge in [0.1, 0.15) is 0 Å². The van der Waals surface area contributed by atoms with E-state index in [1.807, 2.05) is 0 Å². The zero-order valence-electron chi connectivity index (χ0n) is 6.65. The second-order valence-corrected chi connectivity index (χ2v) is 3.57. The van der Waals surface area contributed by atoms with Gasteiger partial charge in [-0.05, 0) is 39.5 Å². The van der Waals surface area contributed by atoms with Crippen LogP contribution in [0.5, 0.6) is 0 Å². The van der Waals surface area contributed by atoms with Gasteiger partial charge >= 0.3 is 0 Å². The number of hydrogen-bond acceptors (Lipinski definition) is 2. The van der Waals surface area contributed by atoms with Gasteiger partial charge in [0.2, 0.25) is 0 Å². The van der Waals surface area contributed by atoms with Crippen LogP contribution in [-0.2, 0) is 0 Å². The van der Waals surface area contributed by atoms with E-state index in [0.717, 1.165) is 19.5 Å². The average Bonchev–Trinajstić information content (AvgIpc) is 1.97. The molecule has 2 N–H and O–H groups in total. The predicted octanol–water partition coefficient (Wildman–Crippen LogP) is 1.09. The van der Waals surface area contributed by atoms with Crippen LogP contribution in [0.4, 0.5) is 0 Å². The molecule has 0 aliphatic heterocycles. The Balaban J connectivity index is 3.00. The van der Waals surface area contributed by atoms with Crippen LogP contribution >= 0.6 is 22.6 Å². The Morgan fingerprint density at radius 1 is 1.30 bits per heavy atom. The molecule has 10 heavy (non-hydrogen) atoms. The second kappa shape index (κ2) is 7.75. The van der Waals surface area contributed by atoms with E-state index in [1.54, 1.807) is 0 Å². The number of rotatable bonds is 6. The van der Waals surface area contributed by atoms with Crippen molar-refractivity contribution < 1.29 is 0 Å². The van der Waals surface area contributed by atoms with Crippen molar-refractivity contribution in [1.29, 1.82) is 0 Å². The number of alkyl halides is 1. The quantitative estimate of drug-likeness (QED) is 0.569. The molecule has 0 unspecified atom stereocenters. The molecule has 0 aliphatic rings. The van der Waals surface area contributed by atoms with Crippen molar-refractivity contribution in [3.63, 3.8) is 0 Å². The molecule has 0 radical (unpaired) electrons. The highest BCUT2D eigenvalue weighted by Gasteiger charge is 1.94. The summed E-state index contributed by atoms with van der Waals surface area (Å²) in [6.07, 6.45) is 2.42. The van der Waals surface area contributed by atoms with Gasteiger partial charge in [-0.15, -0.1) is 0 Å². The van der Waals surface area contributed by atoms with Crippen LogP contribution in [0.25, 0.3) is 0 Å². The molecule has 62 valence electrons. The third-order valence-electron chi connectivity index (χ3n) is 1.42. The lowest BCUT2D eigenvalue weighted by atomic mass is 10.3. The van der Waals surface area contributed by atoms with Crippen molar-refractivity contribution in [2.24, 2.45) is 5.73 Å². The minimum atomic E-state index is 0.814. The van der Waals surface area contributed by atoms with E-state index in [-0.39, 0.29) is 0 Å². The first-order valence-electron chi connectivity index (χ1n) is 3.76. The Hall–Kier alpha value is 0.650. The molecule has 0 aromatic carbocycles. The standard InChI is InChI=1S/C7H17IN2/c1-10(6-2-4-8)7-3-5-9/h2-7,9H2,1H3. The van der Waals surface area contributed by atoms with Gasteiger partial charge in [0.05, 0.1) is 0 Å². The van der Waals surface area contributed by atoms with Crippen molar-refractivity contribution in [3.05, 3.63) is 0 Å². The van der Waals surface area contributed by atoms with Crippen LogP contribution in [0, 0.1) is 0 Å². The van der Waals surface area contributed by atoms with E-state index in [1.165, 1.54) is 17.4 Å². The van der Waals surface area contributed by atoms with Gasteiger partial charge < -0.3 is 10.6 Å². The maximum absolute atomic E-state index is 5.38. The first kappa shape index (κ1) is 10.7. The second-order valence-electron chi connectivity index (χ2n) is 2.49. The Kier molecular flexibility index (Phi) is 8.26. The fourth-order valence-electron chi connectivity index (χ4n) is 0.803. The summed E-state index contributed by atoms with van der Waals surface area (Å²) in [6.45, 7) is 3.17. The van der Waals surface area contributed by atoms with Crippen LogP contribution in [0.1, 0.15) is 12.8 Å². The molecule has 0 heterocycles. The number of halogens is 1. The lowest BCUT2D eigenvalue weighted by molar-refractivity contribution is 0.334. The summed E-state index contributed by atoms with van der Waals surface area (Å²) in [7, 11) is 2.15. The third kappa shape index (κ3) is 6.77. The highest BCUT2D eigenvalue weighted by molar-refractivity contribution is 14.1. The summed E-state index contributed by atoms with van der Waals surface area (Å²) in [5.74, 6) is 0. The molecule has 0 amide bonds. The smallest absolute Gasteiger partial charge is 0.000744 e. The molecule has 2 nitrogen and oxygen atoms in total. The zero-order chi connectivity index (χ0) is 7.82. The molecular formula is C7H17IN2. The molecule has 0 spiro atoms. The minimum absolute atomic E-state index is 0.814. The van der Waals surface area contributed by atoms with Crippen LogP contribution < -0.4 is 5.73 Å². The first-order chi connectivity index (χ1) is 4.81. The third-order valence-corrected chi connectivity index (χ3v) is 2.18. The molecule has 0 aromatic rings. The Labute approximate surface area is 77.3 Å². The molecule has 0 saturated heterocycles. The molecular weight excluding hydrogens is 239 g/mol. The normalized spacial score (nSPS) is 10.8. The molecule has 0 aromatic heterocycles. The van der Waals surface area contributed by atoms with Gasteiger partial charge in [0, 0.05) is 4.43 Å². The number of nitrogens with two attached hydrogens (primary N) is 1. The topological polar surface area (TPSA) is 29.3 Å². The Morgan fingerprint density at radius 3 is 2.40 bits per heavy atom. The Bertz CT molecular complexity index is 60.6. The summed E-state index contributed by atoms with van der Waals surface area (Å²) in [5, 5.41) is 0. The highest BCUT2D eigenvalue weighted by atomic mass is 127. The predicted molar refractivity (Wildman–Crippen MR) is 54.7 cm³/mol. The van der Waals surface area contributed by atoms with E-state index >= 15 is 0 Å².